The molecule has 2 nitrogen and oxygen atoms in total. The Kier molecular flexibility index (Phi) is 6.00. The second-order valence-electron chi connectivity index (χ2n) is 5.75. The third kappa shape index (κ3) is 4.90. The van der Waals surface area contributed by atoms with Gasteiger partial charge in [-0.05, 0) is 23.8 Å². The van der Waals surface area contributed by atoms with Crippen LogP contribution in [-0.2, 0) is 6.18 Å². The zero-order valence-electron chi connectivity index (χ0n) is 13.9. The summed E-state index contributed by atoms with van der Waals surface area (Å²) in [5, 5.41) is 8.80. The Morgan fingerprint density at radius 1 is 0.931 bits per heavy atom. The van der Waals surface area contributed by atoms with Crippen LogP contribution >= 0.6 is 0 Å². The van der Waals surface area contributed by atoms with Gasteiger partial charge in [-0.3, -0.25) is 0 Å². The molecule has 0 aromatic heterocycles. The fourth-order valence-electron chi connectivity index (χ4n) is 2.46. The first-order chi connectivity index (χ1) is 13.2. The third-order valence-electron chi connectivity index (χ3n) is 3.81. The number of halogens is 9. The van der Waals surface area contributed by atoms with E-state index < -0.39 is 63.9 Å². The molecule has 1 unspecified atom stereocenters. The summed E-state index contributed by atoms with van der Waals surface area (Å²) in [4.78, 5) is 10.9. The van der Waals surface area contributed by atoms with Crippen molar-refractivity contribution in [3.63, 3.8) is 0 Å². The first-order valence-electron chi connectivity index (χ1n) is 7.56. The number of carboxylic acid groups (broad SMARTS) is 1. The normalized spacial score (nSPS) is 13.7. The second kappa shape index (κ2) is 7.80. The highest BCUT2D eigenvalue weighted by Crippen LogP contribution is 2.39. The van der Waals surface area contributed by atoms with Crippen LogP contribution in [0.15, 0.2) is 36.4 Å². The highest BCUT2D eigenvalue weighted by Gasteiger charge is 2.41. The number of aromatic carboxylic acids is 1. The molecule has 0 fully saturated rings. The van der Waals surface area contributed by atoms with Crippen LogP contribution in [0.4, 0.5) is 39.5 Å². The summed E-state index contributed by atoms with van der Waals surface area (Å²) in [5.41, 5.74) is -4.46. The van der Waals surface area contributed by atoms with Crippen LogP contribution in [0.1, 0.15) is 33.0 Å². The summed E-state index contributed by atoms with van der Waals surface area (Å²) in [7, 11) is 0. The highest BCUT2D eigenvalue weighted by atomic mass is 19.4. The number of hydrogen-bond donors (Lipinski definition) is 1. The van der Waals surface area contributed by atoms with Crippen molar-refractivity contribution in [2.75, 3.05) is 0 Å². The van der Waals surface area contributed by atoms with E-state index in [1.54, 1.807) is 0 Å². The Morgan fingerprint density at radius 3 is 2.07 bits per heavy atom. The maximum Gasteiger partial charge on any atom is 0.417 e. The summed E-state index contributed by atoms with van der Waals surface area (Å²) in [6.07, 6.45) is -9.49. The number of allylic oxidation sites excluding steroid dienone is 1. The molecular weight excluding hydrogens is 419 g/mol. The van der Waals surface area contributed by atoms with Crippen molar-refractivity contribution >= 4 is 12.0 Å². The van der Waals surface area contributed by atoms with Crippen LogP contribution in [0, 0.1) is 17.5 Å². The minimum absolute atomic E-state index is 0.256. The van der Waals surface area contributed by atoms with Gasteiger partial charge in [0, 0.05) is 5.56 Å². The predicted octanol–water partition coefficient (Wildman–Crippen LogP) is 6.18. The molecule has 1 atom stereocenters. The van der Waals surface area contributed by atoms with Crippen LogP contribution in [0.2, 0.25) is 0 Å². The van der Waals surface area contributed by atoms with E-state index in [2.05, 4.69) is 0 Å². The maximum atomic E-state index is 13.8. The van der Waals surface area contributed by atoms with Gasteiger partial charge in [-0.15, -0.1) is 0 Å². The van der Waals surface area contributed by atoms with E-state index in [9.17, 15) is 44.3 Å². The smallest absolute Gasteiger partial charge is 0.417 e. The average Bonchev–Trinajstić information content (AvgIpc) is 2.59. The van der Waals surface area contributed by atoms with E-state index in [4.69, 9.17) is 5.11 Å². The van der Waals surface area contributed by atoms with Crippen LogP contribution < -0.4 is 0 Å². The molecule has 1 N–H and O–H groups in total. The fourth-order valence-corrected chi connectivity index (χ4v) is 2.46. The Labute approximate surface area is 156 Å². The monoisotopic (exact) mass is 428 g/mol. The van der Waals surface area contributed by atoms with Gasteiger partial charge in [-0.1, -0.05) is 24.3 Å². The average molecular weight is 428 g/mol. The van der Waals surface area contributed by atoms with Crippen molar-refractivity contribution in [3.05, 3.63) is 76.1 Å². The molecule has 0 amide bonds. The van der Waals surface area contributed by atoms with Crippen LogP contribution in [0.3, 0.4) is 0 Å². The number of rotatable bonds is 4. The molecule has 2 aromatic carbocycles. The number of benzene rings is 2. The number of carbonyl (C=O) groups is 1. The maximum absolute atomic E-state index is 13.8. The zero-order valence-corrected chi connectivity index (χ0v) is 13.9. The van der Waals surface area contributed by atoms with Gasteiger partial charge in [0.2, 0.25) is 0 Å². The standard InChI is InChI=1S/C18H9F9O2/c19-13-6-4-9(14(20)15(13)21)11(17(22,23)24)5-2-8-1-3-10(16(28)29)12(7-8)18(25,26)27/h1-7,11H,(H,28,29)/b5-2+. The molecule has 0 radical (unpaired) electrons. The van der Waals surface area contributed by atoms with Crippen molar-refractivity contribution in [1.82, 2.24) is 0 Å². The summed E-state index contributed by atoms with van der Waals surface area (Å²) < 4.78 is 119. The molecule has 156 valence electrons. The molecule has 29 heavy (non-hydrogen) atoms. The van der Waals surface area contributed by atoms with Crippen LogP contribution in [0.25, 0.3) is 6.08 Å². The zero-order chi connectivity index (χ0) is 22.1. The Balaban J connectivity index is 2.54. The van der Waals surface area contributed by atoms with Crippen LogP contribution in [0.5, 0.6) is 0 Å². The van der Waals surface area contributed by atoms with Gasteiger partial charge < -0.3 is 5.11 Å². The molecule has 0 heterocycles. The van der Waals surface area contributed by atoms with Crippen molar-refractivity contribution in [3.8, 4) is 0 Å². The summed E-state index contributed by atoms with van der Waals surface area (Å²) >= 11 is 0. The van der Waals surface area contributed by atoms with Crippen molar-refractivity contribution < 1.29 is 49.4 Å². The van der Waals surface area contributed by atoms with E-state index in [1.807, 2.05) is 0 Å². The lowest BCUT2D eigenvalue weighted by Gasteiger charge is -2.18. The molecular formula is C18H9F9O2. The fraction of sp³-hybridized carbons (Fsp3) is 0.167. The lowest BCUT2D eigenvalue weighted by molar-refractivity contribution is -0.140. The molecule has 0 saturated carbocycles. The van der Waals surface area contributed by atoms with Crippen molar-refractivity contribution in [2.45, 2.75) is 18.3 Å². The minimum Gasteiger partial charge on any atom is -0.478 e. The predicted molar refractivity (Wildman–Crippen MR) is 82.5 cm³/mol. The summed E-state index contributed by atoms with van der Waals surface area (Å²) in [5.74, 6) is -10.6. The molecule has 0 aliphatic carbocycles. The molecule has 0 bridgehead atoms. The Hall–Kier alpha value is -2.98. The topological polar surface area (TPSA) is 37.3 Å². The lowest BCUT2D eigenvalue weighted by Crippen LogP contribution is -2.20. The number of hydrogen-bond acceptors (Lipinski definition) is 1. The van der Waals surface area contributed by atoms with E-state index in [1.165, 1.54) is 0 Å². The first-order valence-corrected chi connectivity index (χ1v) is 7.56. The van der Waals surface area contributed by atoms with Gasteiger partial charge in [-0.2, -0.15) is 26.3 Å². The van der Waals surface area contributed by atoms with E-state index in [0.717, 1.165) is 6.07 Å². The van der Waals surface area contributed by atoms with E-state index in [0.29, 0.717) is 24.3 Å². The molecule has 0 aliphatic rings. The van der Waals surface area contributed by atoms with Gasteiger partial charge in [0.05, 0.1) is 11.1 Å². The second-order valence-corrected chi connectivity index (χ2v) is 5.75. The molecule has 0 aliphatic heterocycles. The SMILES string of the molecule is O=C(O)c1ccc(/C=C/C(c2ccc(F)c(F)c2F)C(F)(F)F)cc1C(F)(F)F. The van der Waals surface area contributed by atoms with Crippen molar-refractivity contribution in [2.24, 2.45) is 0 Å². The van der Waals surface area contributed by atoms with Gasteiger partial charge >= 0.3 is 18.3 Å². The summed E-state index contributed by atoms with van der Waals surface area (Å²) in [6.45, 7) is 0. The van der Waals surface area contributed by atoms with Gasteiger partial charge in [0.1, 0.15) is 5.92 Å². The Bertz CT molecular complexity index is 959. The van der Waals surface area contributed by atoms with E-state index >= 15 is 0 Å². The van der Waals surface area contributed by atoms with Gasteiger partial charge in [0.15, 0.2) is 17.5 Å². The van der Waals surface area contributed by atoms with Gasteiger partial charge in [-0.25, -0.2) is 18.0 Å². The highest BCUT2D eigenvalue weighted by molar-refractivity contribution is 5.90. The van der Waals surface area contributed by atoms with Gasteiger partial charge in [0.25, 0.3) is 0 Å². The minimum atomic E-state index is -5.19. The largest absolute Gasteiger partial charge is 0.478 e. The number of alkyl halides is 6. The molecule has 0 saturated heterocycles. The number of carboxylic acids is 1. The summed E-state index contributed by atoms with van der Waals surface area (Å²) in [6, 6.07) is 2.31. The third-order valence-corrected chi connectivity index (χ3v) is 3.81. The molecule has 11 heteroatoms. The molecule has 2 rings (SSSR count). The lowest BCUT2D eigenvalue weighted by atomic mass is 9.95. The molecule has 2 aromatic rings. The first kappa shape index (κ1) is 22.3. The quantitative estimate of drug-likeness (QED) is 0.467. The van der Waals surface area contributed by atoms with Crippen LogP contribution in [-0.4, -0.2) is 17.3 Å². The molecule has 0 spiro atoms. The van der Waals surface area contributed by atoms with Crippen molar-refractivity contribution in [1.29, 1.82) is 0 Å². The Morgan fingerprint density at radius 2 is 1.55 bits per heavy atom. The van der Waals surface area contributed by atoms with E-state index in [-0.39, 0.29) is 12.1 Å².